The fourth-order valence-electron chi connectivity index (χ4n) is 2.29. The quantitative estimate of drug-likeness (QED) is 0.609. The Labute approximate surface area is 81.2 Å². The first-order chi connectivity index (χ1) is 5.92. The number of carbonyl (C=O) groups is 1. The summed E-state index contributed by atoms with van der Waals surface area (Å²) in [5, 5.41) is 0. The van der Waals surface area contributed by atoms with Crippen LogP contribution in [0.5, 0.6) is 0 Å². The van der Waals surface area contributed by atoms with E-state index in [9.17, 15) is 4.79 Å². The van der Waals surface area contributed by atoms with Gasteiger partial charge in [0.2, 0.25) is 0 Å². The van der Waals surface area contributed by atoms with Crippen molar-refractivity contribution in [2.75, 3.05) is 0 Å². The minimum absolute atomic E-state index is 0.0717. The third-order valence-electron chi connectivity index (χ3n) is 3.36. The van der Waals surface area contributed by atoms with Crippen molar-refractivity contribution in [3.8, 4) is 0 Å². The van der Waals surface area contributed by atoms with Gasteiger partial charge in [-0.3, -0.25) is 4.79 Å². The minimum Gasteiger partial charge on any atom is -0.298 e. The maximum Gasteiger partial charge on any atom is 0.144 e. The Morgan fingerprint density at radius 2 is 2.00 bits per heavy atom. The summed E-state index contributed by atoms with van der Waals surface area (Å²) in [5.74, 6) is 0.446. The van der Waals surface area contributed by atoms with Crippen LogP contribution >= 0.6 is 0 Å². The topological polar surface area (TPSA) is 17.1 Å². The molecule has 74 valence electrons. The van der Waals surface area contributed by atoms with Gasteiger partial charge in [0, 0.05) is 10.8 Å². The molecule has 0 aromatic rings. The predicted octanol–water partition coefficient (Wildman–Crippen LogP) is 3.35. The molecule has 13 heavy (non-hydrogen) atoms. The number of carbonyl (C=O) groups excluding carboxylic acids is 1. The Balaban J connectivity index is 2.72. The molecule has 0 heterocycles. The molecule has 0 amide bonds. The molecule has 1 unspecified atom stereocenters. The molecule has 0 saturated heterocycles. The second kappa shape index (κ2) is 3.28. The Hall–Kier alpha value is -0.590. The van der Waals surface area contributed by atoms with Crippen LogP contribution in [0.4, 0.5) is 0 Å². The van der Waals surface area contributed by atoms with Crippen LogP contribution in [0, 0.1) is 10.8 Å². The van der Waals surface area contributed by atoms with Crippen LogP contribution in [0.2, 0.25) is 0 Å². The molecular formula is C12H20O. The zero-order valence-electron chi connectivity index (χ0n) is 9.02. The Morgan fingerprint density at radius 3 is 2.38 bits per heavy atom. The Kier molecular flexibility index (Phi) is 2.65. The van der Waals surface area contributed by atoms with Gasteiger partial charge < -0.3 is 0 Å². The highest BCUT2D eigenvalue weighted by atomic mass is 16.1. The van der Waals surface area contributed by atoms with E-state index in [1.807, 2.05) is 6.08 Å². The standard InChI is InChI=1S/C12H20O/c1-5-6-7-12(4)9-8-11(2,3)10(12)13/h5H,1,6-9H2,2-4H3. The SMILES string of the molecule is C=CCCC1(C)CCC(C)(C)C1=O. The monoisotopic (exact) mass is 180 g/mol. The average Bonchev–Trinajstić information content (AvgIpc) is 2.28. The molecule has 0 aromatic carbocycles. The Morgan fingerprint density at radius 1 is 1.38 bits per heavy atom. The van der Waals surface area contributed by atoms with Gasteiger partial charge >= 0.3 is 0 Å². The highest BCUT2D eigenvalue weighted by Gasteiger charge is 2.47. The van der Waals surface area contributed by atoms with Crippen LogP contribution in [0.1, 0.15) is 46.5 Å². The summed E-state index contributed by atoms with van der Waals surface area (Å²) in [6.45, 7) is 9.94. The van der Waals surface area contributed by atoms with Crippen molar-refractivity contribution in [1.29, 1.82) is 0 Å². The molecule has 1 rings (SSSR count). The third-order valence-corrected chi connectivity index (χ3v) is 3.36. The second-order valence-electron chi connectivity index (χ2n) is 5.10. The first-order valence-electron chi connectivity index (χ1n) is 5.08. The van der Waals surface area contributed by atoms with Gasteiger partial charge in [-0.2, -0.15) is 0 Å². The average molecular weight is 180 g/mol. The van der Waals surface area contributed by atoms with Crippen LogP contribution in [0.15, 0.2) is 12.7 Å². The van der Waals surface area contributed by atoms with Crippen LogP contribution in [-0.2, 0) is 4.79 Å². The second-order valence-corrected chi connectivity index (χ2v) is 5.10. The van der Waals surface area contributed by atoms with Crippen molar-refractivity contribution in [3.63, 3.8) is 0 Å². The zero-order chi connectivity index (χ0) is 10.1. The van der Waals surface area contributed by atoms with Gasteiger partial charge in [0.05, 0.1) is 0 Å². The summed E-state index contributed by atoms with van der Waals surface area (Å²) >= 11 is 0. The van der Waals surface area contributed by atoms with Crippen molar-refractivity contribution in [2.24, 2.45) is 10.8 Å². The van der Waals surface area contributed by atoms with Gasteiger partial charge in [-0.25, -0.2) is 0 Å². The molecule has 1 aliphatic carbocycles. The van der Waals surface area contributed by atoms with E-state index in [4.69, 9.17) is 0 Å². The molecule has 0 spiro atoms. The molecule has 1 saturated carbocycles. The molecule has 1 fully saturated rings. The fraction of sp³-hybridized carbons (Fsp3) is 0.750. The highest BCUT2D eigenvalue weighted by Crippen LogP contribution is 2.47. The zero-order valence-corrected chi connectivity index (χ0v) is 9.02. The lowest BCUT2D eigenvalue weighted by Gasteiger charge is -2.24. The van der Waals surface area contributed by atoms with E-state index >= 15 is 0 Å². The van der Waals surface area contributed by atoms with Gasteiger partial charge in [-0.05, 0) is 25.7 Å². The smallest absolute Gasteiger partial charge is 0.144 e. The van der Waals surface area contributed by atoms with Crippen molar-refractivity contribution in [3.05, 3.63) is 12.7 Å². The number of hydrogen-bond acceptors (Lipinski definition) is 1. The molecule has 1 atom stereocenters. The Bertz CT molecular complexity index is 227. The minimum atomic E-state index is -0.0874. The maximum absolute atomic E-state index is 12.0. The van der Waals surface area contributed by atoms with Crippen LogP contribution in [0.3, 0.4) is 0 Å². The molecule has 1 nitrogen and oxygen atoms in total. The largest absolute Gasteiger partial charge is 0.298 e. The normalized spacial score (nSPS) is 32.1. The van der Waals surface area contributed by atoms with Gasteiger partial charge in [0.1, 0.15) is 5.78 Å². The molecule has 0 bridgehead atoms. The van der Waals surface area contributed by atoms with E-state index in [0.29, 0.717) is 5.78 Å². The third kappa shape index (κ3) is 1.84. The van der Waals surface area contributed by atoms with E-state index in [0.717, 1.165) is 25.7 Å². The number of rotatable bonds is 3. The summed E-state index contributed by atoms with van der Waals surface area (Å²) in [6.07, 6.45) is 5.92. The van der Waals surface area contributed by atoms with E-state index in [1.54, 1.807) is 0 Å². The number of hydrogen-bond donors (Lipinski definition) is 0. The molecule has 0 radical (unpaired) electrons. The summed E-state index contributed by atoms with van der Waals surface area (Å²) in [7, 11) is 0. The molecule has 0 N–H and O–H groups in total. The van der Waals surface area contributed by atoms with Gasteiger partial charge in [0.15, 0.2) is 0 Å². The van der Waals surface area contributed by atoms with Crippen molar-refractivity contribution in [1.82, 2.24) is 0 Å². The van der Waals surface area contributed by atoms with E-state index in [2.05, 4.69) is 27.4 Å². The highest BCUT2D eigenvalue weighted by molar-refractivity contribution is 5.91. The number of allylic oxidation sites excluding steroid dienone is 1. The van der Waals surface area contributed by atoms with Crippen LogP contribution < -0.4 is 0 Å². The van der Waals surface area contributed by atoms with Gasteiger partial charge in [-0.15, -0.1) is 6.58 Å². The van der Waals surface area contributed by atoms with E-state index in [1.165, 1.54) is 0 Å². The maximum atomic E-state index is 12.0. The first-order valence-corrected chi connectivity index (χ1v) is 5.08. The molecule has 0 aliphatic heterocycles. The summed E-state index contributed by atoms with van der Waals surface area (Å²) in [4.78, 5) is 12.0. The first kappa shape index (κ1) is 10.5. The van der Waals surface area contributed by atoms with Crippen molar-refractivity contribution < 1.29 is 4.79 Å². The molecular weight excluding hydrogens is 160 g/mol. The summed E-state index contributed by atoms with van der Waals surface area (Å²) < 4.78 is 0. The molecule has 1 heteroatoms. The van der Waals surface area contributed by atoms with Crippen molar-refractivity contribution >= 4 is 5.78 Å². The fourth-order valence-corrected chi connectivity index (χ4v) is 2.29. The molecule has 0 aromatic heterocycles. The van der Waals surface area contributed by atoms with Gasteiger partial charge in [-0.1, -0.05) is 26.8 Å². The lowest BCUT2D eigenvalue weighted by atomic mass is 9.78. The predicted molar refractivity (Wildman–Crippen MR) is 55.6 cm³/mol. The number of Topliss-reactive ketones (excluding diaryl/α,β-unsaturated/α-hetero) is 1. The van der Waals surface area contributed by atoms with Crippen LogP contribution in [-0.4, -0.2) is 5.78 Å². The van der Waals surface area contributed by atoms with Crippen molar-refractivity contribution in [2.45, 2.75) is 46.5 Å². The lowest BCUT2D eigenvalue weighted by Crippen LogP contribution is -2.29. The molecule has 1 aliphatic rings. The number of ketones is 1. The lowest BCUT2D eigenvalue weighted by molar-refractivity contribution is -0.132. The van der Waals surface area contributed by atoms with Crippen LogP contribution in [0.25, 0.3) is 0 Å². The van der Waals surface area contributed by atoms with Gasteiger partial charge in [0.25, 0.3) is 0 Å². The summed E-state index contributed by atoms with van der Waals surface area (Å²) in [6, 6.07) is 0. The summed E-state index contributed by atoms with van der Waals surface area (Å²) in [5.41, 5.74) is -0.159. The van der Waals surface area contributed by atoms with E-state index in [-0.39, 0.29) is 10.8 Å². The van der Waals surface area contributed by atoms with E-state index < -0.39 is 0 Å².